The number of hydrogen-bond donors (Lipinski definition) is 0. The third kappa shape index (κ3) is 7.96. The van der Waals surface area contributed by atoms with Gasteiger partial charge in [0.25, 0.3) is 0 Å². The molecule has 0 saturated heterocycles. The lowest BCUT2D eigenvalue weighted by Gasteiger charge is -2.18. The summed E-state index contributed by atoms with van der Waals surface area (Å²) >= 11 is 0. The minimum Gasteiger partial charge on any atom is -0.456 e. The maximum atomic E-state index is 12.5. The molecule has 0 aromatic heterocycles. The van der Waals surface area contributed by atoms with Crippen LogP contribution in [0.15, 0.2) is 24.3 Å². The fourth-order valence-corrected chi connectivity index (χ4v) is 2.94. The van der Waals surface area contributed by atoms with Crippen molar-refractivity contribution < 1.29 is 14.3 Å². The predicted molar refractivity (Wildman–Crippen MR) is 99.5 cm³/mol. The zero-order valence-electron chi connectivity index (χ0n) is 15.7. The Kier molecular flexibility index (Phi) is 11.2. The van der Waals surface area contributed by atoms with E-state index in [-0.39, 0.29) is 12.1 Å². The number of carbonyl (C=O) groups is 1. The minimum absolute atomic E-state index is 0.150. The van der Waals surface area contributed by atoms with Crippen LogP contribution in [0, 0.1) is 0 Å². The molecule has 1 aromatic rings. The summed E-state index contributed by atoms with van der Waals surface area (Å²) in [5, 5.41) is 0. The first kappa shape index (κ1) is 20.7. The quantitative estimate of drug-likeness (QED) is 0.350. The van der Waals surface area contributed by atoms with Crippen molar-refractivity contribution in [1.82, 2.24) is 0 Å². The summed E-state index contributed by atoms with van der Waals surface area (Å²) in [6.45, 7) is 4.81. The van der Waals surface area contributed by atoms with E-state index in [4.69, 9.17) is 9.47 Å². The predicted octanol–water partition coefficient (Wildman–Crippen LogP) is 5.56. The summed E-state index contributed by atoms with van der Waals surface area (Å²) in [5.74, 6) is -0.216. The number of methoxy groups -OCH3 is 1. The molecule has 136 valence electrons. The number of unbranched alkanes of at least 4 members (excludes halogenated alkanes) is 5. The molecule has 0 fully saturated rings. The number of hydrogen-bond acceptors (Lipinski definition) is 3. The molecule has 3 heteroatoms. The van der Waals surface area contributed by atoms with Crippen LogP contribution in [0.3, 0.4) is 0 Å². The van der Waals surface area contributed by atoms with Gasteiger partial charge >= 0.3 is 5.97 Å². The average molecular weight is 335 g/mol. The van der Waals surface area contributed by atoms with Crippen molar-refractivity contribution in [3.63, 3.8) is 0 Å². The third-order valence-electron chi connectivity index (χ3n) is 4.26. The second kappa shape index (κ2) is 13.0. The van der Waals surface area contributed by atoms with E-state index in [0.717, 1.165) is 31.2 Å². The van der Waals surface area contributed by atoms with Crippen LogP contribution in [-0.2, 0) is 15.9 Å². The molecule has 0 N–H and O–H groups in total. The zero-order chi connectivity index (χ0) is 17.6. The van der Waals surface area contributed by atoms with E-state index < -0.39 is 0 Å². The largest absolute Gasteiger partial charge is 0.456 e. The first-order chi connectivity index (χ1) is 11.7. The zero-order valence-corrected chi connectivity index (χ0v) is 15.7. The molecule has 1 aromatic carbocycles. The summed E-state index contributed by atoms with van der Waals surface area (Å²) in [6, 6.07) is 7.75. The van der Waals surface area contributed by atoms with Crippen LogP contribution in [0.4, 0.5) is 0 Å². The number of aryl methyl sites for hydroxylation is 1. The van der Waals surface area contributed by atoms with Crippen LogP contribution in [0.5, 0.6) is 0 Å². The number of benzene rings is 1. The first-order valence-electron chi connectivity index (χ1n) is 9.50. The molecule has 1 rings (SSSR count). The van der Waals surface area contributed by atoms with Gasteiger partial charge in [-0.2, -0.15) is 0 Å². The van der Waals surface area contributed by atoms with E-state index in [0.29, 0.717) is 12.2 Å². The molecule has 0 aliphatic heterocycles. The second-order valence-corrected chi connectivity index (χ2v) is 6.45. The van der Waals surface area contributed by atoms with Crippen molar-refractivity contribution in [2.24, 2.45) is 0 Å². The van der Waals surface area contributed by atoms with Crippen molar-refractivity contribution >= 4 is 5.97 Å². The molecular formula is C21H34O3. The van der Waals surface area contributed by atoms with Crippen LogP contribution >= 0.6 is 0 Å². The Morgan fingerprint density at radius 1 is 1.00 bits per heavy atom. The number of ether oxygens (including phenoxy) is 2. The molecular weight excluding hydrogens is 300 g/mol. The Morgan fingerprint density at radius 2 is 1.71 bits per heavy atom. The molecule has 0 radical (unpaired) electrons. The van der Waals surface area contributed by atoms with Crippen molar-refractivity contribution in [2.45, 2.75) is 77.7 Å². The van der Waals surface area contributed by atoms with Gasteiger partial charge in [0, 0.05) is 7.11 Å². The van der Waals surface area contributed by atoms with Crippen LogP contribution in [-0.4, -0.2) is 25.8 Å². The van der Waals surface area contributed by atoms with Crippen molar-refractivity contribution in [1.29, 1.82) is 0 Å². The van der Waals surface area contributed by atoms with Gasteiger partial charge in [-0.1, -0.05) is 70.6 Å². The highest BCUT2D eigenvalue weighted by atomic mass is 16.6. The SMILES string of the molecule is CCCCCCCCC(COC)OC(=O)c1ccccc1CCC. The Balaban J connectivity index is 2.50. The van der Waals surface area contributed by atoms with Crippen molar-refractivity contribution in [3.8, 4) is 0 Å². The van der Waals surface area contributed by atoms with E-state index in [9.17, 15) is 4.79 Å². The van der Waals surface area contributed by atoms with Gasteiger partial charge in [0.05, 0.1) is 12.2 Å². The van der Waals surface area contributed by atoms with Gasteiger partial charge in [-0.05, 0) is 30.9 Å². The summed E-state index contributed by atoms with van der Waals surface area (Å²) in [5.41, 5.74) is 1.77. The van der Waals surface area contributed by atoms with Gasteiger partial charge in [0.2, 0.25) is 0 Å². The van der Waals surface area contributed by atoms with Crippen molar-refractivity contribution in [2.75, 3.05) is 13.7 Å². The van der Waals surface area contributed by atoms with Crippen molar-refractivity contribution in [3.05, 3.63) is 35.4 Å². The normalized spacial score (nSPS) is 12.1. The molecule has 1 atom stereocenters. The molecule has 0 saturated carbocycles. The molecule has 0 heterocycles. The lowest BCUT2D eigenvalue weighted by molar-refractivity contribution is 0.00227. The topological polar surface area (TPSA) is 35.5 Å². The maximum Gasteiger partial charge on any atom is 0.338 e. The fourth-order valence-electron chi connectivity index (χ4n) is 2.94. The number of rotatable bonds is 13. The molecule has 1 unspecified atom stereocenters. The first-order valence-corrected chi connectivity index (χ1v) is 9.50. The van der Waals surface area contributed by atoms with E-state index in [1.165, 1.54) is 32.1 Å². The number of carbonyl (C=O) groups excluding carboxylic acids is 1. The highest BCUT2D eigenvalue weighted by molar-refractivity contribution is 5.91. The fraction of sp³-hybridized carbons (Fsp3) is 0.667. The molecule has 0 aliphatic rings. The molecule has 24 heavy (non-hydrogen) atoms. The lowest BCUT2D eigenvalue weighted by Crippen LogP contribution is -2.23. The summed E-state index contributed by atoms with van der Waals surface area (Å²) in [6.07, 6.45) is 10.1. The highest BCUT2D eigenvalue weighted by Crippen LogP contribution is 2.16. The maximum absolute atomic E-state index is 12.5. The minimum atomic E-state index is -0.216. The molecule has 3 nitrogen and oxygen atoms in total. The summed E-state index contributed by atoms with van der Waals surface area (Å²) in [4.78, 5) is 12.5. The average Bonchev–Trinajstić information content (AvgIpc) is 2.58. The van der Waals surface area contributed by atoms with Gasteiger partial charge in [-0.25, -0.2) is 4.79 Å². The van der Waals surface area contributed by atoms with E-state index in [2.05, 4.69) is 13.8 Å². The van der Waals surface area contributed by atoms with Crippen LogP contribution in [0.2, 0.25) is 0 Å². The molecule has 0 aliphatic carbocycles. The molecule has 0 spiro atoms. The Labute approximate surface area is 147 Å². The smallest absolute Gasteiger partial charge is 0.338 e. The van der Waals surface area contributed by atoms with Gasteiger partial charge in [-0.15, -0.1) is 0 Å². The van der Waals surface area contributed by atoms with E-state index >= 15 is 0 Å². The van der Waals surface area contributed by atoms with E-state index in [1.54, 1.807) is 7.11 Å². The summed E-state index contributed by atoms with van der Waals surface area (Å²) < 4.78 is 11.0. The van der Waals surface area contributed by atoms with Crippen LogP contribution in [0.25, 0.3) is 0 Å². The van der Waals surface area contributed by atoms with Crippen LogP contribution in [0.1, 0.15) is 81.1 Å². The second-order valence-electron chi connectivity index (χ2n) is 6.45. The van der Waals surface area contributed by atoms with Gasteiger partial charge < -0.3 is 9.47 Å². The van der Waals surface area contributed by atoms with Gasteiger partial charge in [0.1, 0.15) is 6.10 Å². The lowest BCUT2D eigenvalue weighted by atomic mass is 10.0. The molecule has 0 bridgehead atoms. The Morgan fingerprint density at radius 3 is 2.42 bits per heavy atom. The van der Waals surface area contributed by atoms with Crippen LogP contribution < -0.4 is 0 Å². The highest BCUT2D eigenvalue weighted by Gasteiger charge is 2.18. The van der Waals surface area contributed by atoms with Gasteiger partial charge in [-0.3, -0.25) is 0 Å². The standard InChI is InChI=1S/C21H34O3/c1-4-6-7-8-9-10-15-19(17-23-3)24-21(22)20-16-12-11-14-18(20)13-5-2/h11-12,14,16,19H,4-10,13,15,17H2,1-3H3. The monoisotopic (exact) mass is 334 g/mol. The number of esters is 1. The molecule has 0 amide bonds. The Hall–Kier alpha value is -1.35. The van der Waals surface area contributed by atoms with Gasteiger partial charge in [0.15, 0.2) is 0 Å². The third-order valence-corrected chi connectivity index (χ3v) is 4.26. The summed E-state index contributed by atoms with van der Waals surface area (Å²) in [7, 11) is 1.66. The van der Waals surface area contributed by atoms with E-state index in [1.807, 2.05) is 24.3 Å². The Bertz CT molecular complexity index is 456.